The Morgan fingerprint density at radius 1 is 1.04 bits per heavy atom. The summed E-state index contributed by atoms with van der Waals surface area (Å²) in [6, 6.07) is 17.5. The second-order valence-corrected chi connectivity index (χ2v) is 6.60. The first-order valence-electron chi connectivity index (χ1n) is 8.84. The molecule has 2 nitrogen and oxygen atoms in total. The molecule has 0 bridgehead atoms. The predicted octanol–water partition coefficient (Wildman–Crippen LogP) is 4.70. The van der Waals surface area contributed by atoms with Gasteiger partial charge in [0.2, 0.25) is 0 Å². The average Bonchev–Trinajstić information content (AvgIpc) is 2.71. The molecule has 0 radical (unpaired) electrons. The highest BCUT2D eigenvalue weighted by Gasteiger charge is 2.24. The van der Waals surface area contributed by atoms with E-state index in [1.54, 1.807) is 0 Å². The number of rotatable bonds is 5. The molecule has 0 unspecified atom stereocenters. The molecule has 0 spiro atoms. The Bertz CT molecular complexity index is 717. The van der Waals surface area contributed by atoms with E-state index < -0.39 is 0 Å². The summed E-state index contributed by atoms with van der Waals surface area (Å²) < 4.78 is 6.10. The highest BCUT2D eigenvalue weighted by Crippen LogP contribution is 2.39. The van der Waals surface area contributed by atoms with Crippen LogP contribution in [0, 0.1) is 0 Å². The van der Waals surface area contributed by atoms with Crippen molar-refractivity contribution >= 4 is 5.57 Å². The van der Waals surface area contributed by atoms with E-state index in [0.29, 0.717) is 0 Å². The fourth-order valence-corrected chi connectivity index (χ4v) is 3.48. The molecule has 2 heteroatoms. The Hall–Kier alpha value is -1.90. The number of fused-ring (bicyclic) bond motifs is 2. The van der Waals surface area contributed by atoms with Gasteiger partial charge >= 0.3 is 0 Å². The van der Waals surface area contributed by atoms with Crippen molar-refractivity contribution in [3.05, 3.63) is 76.9 Å². The minimum Gasteiger partial charge on any atom is -0.373 e. The van der Waals surface area contributed by atoms with Crippen LogP contribution < -0.4 is 0 Å². The van der Waals surface area contributed by atoms with Gasteiger partial charge in [0.05, 0.1) is 6.10 Å². The lowest BCUT2D eigenvalue weighted by Gasteiger charge is -2.18. The normalized spacial score (nSPS) is 18.3. The Labute approximate surface area is 145 Å². The van der Waals surface area contributed by atoms with Gasteiger partial charge in [0.1, 0.15) is 0 Å². The Morgan fingerprint density at radius 3 is 2.50 bits per heavy atom. The highest BCUT2D eigenvalue weighted by atomic mass is 16.5. The van der Waals surface area contributed by atoms with Gasteiger partial charge in [-0.05, 0) is 55.3 Å². The van der Waals surface area contributed by atoms with Crippen molar-refractivity contribution in [1.29, 1.82) is 0 Å². The molecule has 2 aromatic rings. The molecule has 1 aliphatic carbocycles. The van der Waals surface area contributed by atoms with Gasteiger partial charge < -0.3 is 9.64 Å². The van der Waals surface area contributed by atoms with Crippen LogP contribution in [-0.4, -0.2) is 32.1 Å². The fraction of sp³-hybridized carbons (Fsp3) is 0.364. The zero-order valence-corrected chi connectivity index (χ0v) is 15.0. The van der Waals surface area contributed by atoms with Gasteiger partial charge in [0, 0.05) is 19.6 Å². The van der Waals surface area contributed by atoms with Crippen LogP contribution >= 0.6 is 0 Å². The van der Waals surface area contributed by atoms with Crippen LogP contribution in [0.25, 0.3) is 5.57 Å². The maximum Gasteiger partial charge on any atom is 0.0871 e. The van der Waals surface area contributed by atoms with Gasteiger partial charge in [0.25, 0.3) is 0 Å². The summed E-state index contributed by atoms with van der Waals surface area (Å²) in [5.74, 6) is 0. The smallest absolute Gasteiger partial charge is 0.0871 e. The quantitative estimate of drug-likeness (QED) is 0.791. The van der Waals surface area contributed by atoms with E-state index in [-0.39, 0.29) is 6.10 Å². The first-order valence-corrected chi connectivity index (χ1v) is 8.84. The van der Waals surface area contributed by atoms with Crippen molar-refractivity contribution in [2.24, 2.45) is 0 Å². The van der Waals surface area contributed by atoms with Crippen molar-refractivity contribution in [1.82, 2.24) is 4.90 Å². The van der Waals surface area contributed by atoms with Gasteiger partial charge in [-0.3, -0.25) is 0 Å². The monoisotopic (exact) mass is 321 g/mol. The molecule has 0 aromatic heterocycles. The maximum absolute atomic E-state index is 6.10. The molecule has 0 N–H and O–H groups in total. The summed E-state index contributed by atoms with van der Waals surface area (Å²) in [7, 11) is 4.25. The number of benzene rings is 2. The Balaban J connectivity index is 2.11. The predicted molar refractivity (Wildman–Crippen MR) is 101 cm³/mol. The lowest BCUT2D eigenvalue weighted by atomic mass is 9.93. The number of hydrogen-bond donors (Lipinski definition) is 0. The van der Waals surface area contributed by atoms with Gasteiger partial charge in [-0.15, -0.1) is 0 Å². The highest BCUT2D eigenvalue weighted by molar-refractivity contribution is 5.84. The second-order valence-electron chi connectivity index (χ2n) is 6.60. The number of ether oxygens (including phenoxy) is 1. The summed E-state index contributed by atoms with van der Waals surface area (Å²) in [6.07, 6.45) is 4.51. The third-order valence-corrected chi connectivity index (χ3v) is 4.60. The number of nitrogens with zero attached hydrogens (tertiary/aromatic N) is 1. The summed E-state index contributed by atoms with van der Waals surface area (Å²) in [5, 5.41) is 0. The summed E-state index contributed by atoms with van der Waals surface area (Å²) in [6.45, 7) is 3.87. The first kappa shape index (κ1) is 16.9. The third-order valence-electron chi connectivity index (χ3n) is 4.60. The van der Waals surface area contributed by atoms with E-state index in [4.69, 9.17) is 4.74 Å². The molecule has 3 rings (SSSR count). The van der Waals surface area contributed by atoms with Crippen LogP contribution in [0.4, 0.5) is 0 Å². The maximum atomic E-state index is 6.10. The van der Waals surface area contributed by atoms with Gasteiger partial charge in [-0.25, -0.2) is 0 Å². The lowest BCUT2D eigenvalue weighted by molar-refractivity contribution is 0.0630. The number of hydrogen-bond acceptors (Lipinski definition) is 2. The van der Waals surface area contributed by atoms with Crippen molar-refractivity contribution in [3.8, 4) is 0 Å². The molecule has 24 heavy (non-hydrogen) atoms. The van der Waals surface area contributed by atoms with Crippen molar-refractivity contribution < 1.29 is 4.74 Å². The largest absolute Gasteiger partial charge is 0.373 e. The van der Waals surface area contributed by atoms with Gasteiger partial charge in [-0.2, -0.15) is 0 Å². The van der Waals surface area contributed by atoms with Crippen LogP contribution in [0.5, 0.6) is 0 Å². The molecule has 0 heterocycles. The molecule has 0 saturated carbocycles. The summed E-state index contributed by atoms with van der Waals surface area (Å²) in [4.78, 5) is 2.23. The average molecular weight is 321 g/mol. The zero-order chi connectivity index (χ0) is 16.9. The van der Waals surface area contributed by atoms with E-state index in [1.807, 2.05) is 0 Å². The fourth-order valence-electron chi connectivity index (χ4n) is 3.48. The van der Waals surface area contributed by atoms with Gasteiger partial charge in [0.15, 0.2) is 0 Å². The standard InChI is InChI=1S/C22H27NO/c1-4-24-22-16-17-10-5-6-11-18(17)19(14-9-15-23(2)3)20-12-7-8-13-21(20)22/h5-8,10-14,22H,4,9,15-16H2,1-3H3/t22-/m1/s1. The third kappa shape index (κ3) is 3.61. The molecule has 1 atom stereocenters. The van der Waals surface area contributed by atoms with E-state index in [9.17, 15) is 0 Å². The molecule has 0 fully saturated rings. The zero-order valence-electron chi connectivity index (χ0n) is 15.0. The molecular formula is C22H27NO. The van der Waals surface area contributed by atoms with E-state index in [0.717, 1.165) is 26.0 Å². The van der Waals surface area contributed by atoms with Crippen LogP contribution in [0.3, 0.4) is 0 Å². The molecule has 2 aromatic carbocycles. The van der Waals surface area contributed by atoms with Crippen molar-refractivity contribution in [3.63, 3.8) is 0 Å². The van der Waals surface area contributed by atoms with E-state index >= 15 is 0 Å². The Morgan fingerprint density at radius 2 is 1.75 bits per heavy atom. The molecule has 0 saturated heterocycles. The summed E-state index contributed by atoms with van der Waals surface area (Å²) in [5.41, 5.74) is 6.71. The molecular weight excluding hydrogens is 294 g/mol. The SMILES string of the molecule is CCO[C@@H]1Cc2ccccc2C(=CCCN(C)C)c2ccccc21. The van der Waals surface area contributed by atoms with Crippen LogP contribution in [-0.2, 0) is 11.2 Å². The lowest BCUT2D eigenvalue weighted by Crippen LogP contribution is -2.12. The summed E-state index contributed by atoms with van der Waals surface area (Å²) >= 11 is 0. The van der Waals surface area contributed by atoms with Crippen LogP contribution in [0.1, 0.15) is 41.7 Å². The van der Waals surface area contributed by atoms with Crippen LogP contribution in [0.2, 0.25) is 0 Å². The van der Waals surface area contributed by atoms with Crippen LogP contribution in [0.15, 0.2) is 54.6 Å². The second kappa shape index (κ2) is 7.78. The van der Waals surface area contributed by atoms with Crippen molar-refractivity contribution in [2.45, 2.75) is 25.9 Å². The van der Waals surface area contributed by atoms with E-state index in [1.165, 1.54) is 27.8 Å². The molecule has 1 aliphatic rings. The minimum absolute atomic E-state index is 0.132. The first-order chi connectivity index (χ1) is 11.7. The van der Waals surface area contributed by atoms with Gasteiger partial charge in [-0.1, -0.05) is 54.6 Å². The molecule has 0 amide bonds. The topological polar surface area (TPSA) is 12.5 Å². The molecule has 0 aliphatic heterocycles. The minimum atomic E-state index is 0.132. The van der Waals surface area contributed by atoms with Crippen molar-refractivity contribution in [2.75, 3.05) is 27.2 Å². The Kier molecular flexibility index (Phi) is 5.49. The molecule has 126 valence electrons. The van der Waals surface area contributed by atoms with E-state index in [2.05, 4.69) is 80.5 Å².